The standard InChI is InChI=1S/C14H15ClN2/c15-13-6-12(7-14(16)8-13)10-17-9-11-4-2-1-3-5-11/h1-8,17H,9-10,16H2. The van der Waals surface area contributed by atoms with E-state index in [4.69, 9.17) is 17.3 Å². The van der Waals surface area contributed by atoms with Crippen molar-refractivity contribution in [1.82, 2.24) is 5.32 Å². The minimum Gasteiger partial charge on any atom is -0.399 e. The summed E-state index contributed by atoms with van der Waals surface area (Å²) in [5.74, 6) is 0. The minimum absolute atomic E-state index is 0.682. The van der Waals surface area contributed by atoms with Crippen LogP contribution in [-0.4, -0.2) is 0 Å². The molecule has 0 fully saturated rings. The lowest BCUT2D eigenvalue weighted by atomic mass is 10.2. The monoisotopic (exact) mass is 246 g/mol. The Bertz CT molecular complexity index is 463. The Hall–Kier alpha value is -1.51. The van der Waals surface area contributed by atoms with Crippen LogP contribution < -0.4 is 11.1 Å². The van der Waals surface area contributed by atoms with E-state index in [1.54, 1.807) is 6.07 Å². The number of anilines is 1. The largest absolute Gasteiger partial charge is 0.399 e. The number of rotatable bonds is 4. The van der Waals surface area contributed by atoms with Crippen LogP contribution in [0.2, 0.25) is 5.02 Å². The van der Waals surface area contributed by atoms with Crippen LogP contribution in [0, 0.1) is 0 Å². The van der Waals surface area contributed by atoms with E-state index in [1.165, 1.54) is 5.56 Å². The second-order valence-electron chi connectivity index (χ2n) is 3.98. The first-order valence-corrected chi connectivity index (χ1v) is 5.91. The molecule has 0 bridgehead atoms. The Balaban J connectivity index is 1.90. The van der Waals surface area contributed by atoms with Gasteiger partial charge in [-0.15, -0.1) is 0 Å². The third-order valence-electron chi connectivity index (χ3n) is 2.48. The van der Waals surface area contributed by atoms with Gasteiger partial charge in [0.05, 0.1) is 0 Å². The molecule has 0 radical (unpaired) electrons. The van der Waals surface area contributed by atoms with Gasteiger partial charge in [-0.25, -0.2) is 0 Å². The van der Waals surface area contributed by atoms with Crippen molar-refractivity contribution in [3.8, 4) is 0 Å². The highest BCUT2D eigenvalue weighted by molar-refractivity contribution is 6.30. The van der Waals surface area contributed by atoms with Crippen LogP contribution in [0.5, 0.6) is 0 Å². The van der Waals surface area contributed by atoms with Crippen molar-refractivity contribution in [2.75, 3.05) is 5.73 Å². The first-order chi connectivity index (χ1) is 8.24. The van der Waals surface area contributed by atoms with Crippen molar-refractivity contribution < 1.29 is 0 Å². The second-order valence-corrected chi connectivity index (χ2v) is 4.42. The van der Waals surface area contributed by atoms with Crippen LogP contribution in [-0.2, 0) is 13.1 Å². The topological polar surface area (TPSA) is 38.0 Å². The van der Waals surface area contributed by atoms with E-state index in [2.05, 4.69) is 17.4 Å². The van der Waals surface area contributed by atoms with Crippen LogP contribution >= 0.6 is 11.6 Å². The fourth-order valence-corrected chi connectivity index (χ4v) is 1.99. The van der Waals surface area contributed by atoms with Gasteiger partial charge in [-0.05, 0) is 29.3 Å². The molecule has 0 atom stereocenters. The molecule has 0 heterocycles. The molecule has 0 unspecified atom stereocenters. The van der Waals surface area contributed by atoms with E-state index in [1.807, 2.05) is 30.3 Å². The van der Waals surface area contributed by atoms with Gasteiger partial charge in [0, 0.05) is 23.8 Å². The summed E-state index contributed by atoms with van der Waals surface area (Å²) in [5, 5.41) is 4.04. The van der Waals surface area contributed by atoms with Gasteiger partial charge in [-0.1, -0.05) is 41.9 Å². The third kappa shape index (κ3) is 3.77. The lowest BCUT2D eigenvalue weighted by Crippen LogP contribution is -2.12. The van der Waals surface area contributed by atoms with Gasteiger partial charge in [0.2, 0.25) is 0 Å². The molecule has 0 aliphatic carbocycles. The zero-order chi connectivity index (χ0) is 12.1. The van der Waals surface area contributed by atoms with Crippen LogP contribution in [0.1, 0.15) is 11.1 Å². The van der Waals surface area contributed by atoms with Crippen molar-refractivity contribution in [3.05, 3.63) is 64.7 Å². The molecule has 0 saturated carbocycles. The molecule has 2 rings (SSSR count). The molecule has 88 valence electrons. The highest BCUT2D eigenvalue weighted by Gasteiger charge is 1.97. The third-order valence-corrected chi connectivity index (χ3v) is 2.70. The van der Waals surface area contributed by atoms with Crippen molar-refractivity contribution in [2.45, 2.75) is 13.1 Å². The van der Waals surface area contributed by atoms with Crippen LogP contribution in [0.4, 0.5) is 5.69 Å². The summed E-state index contributed by atoms with van der Waals surface area (Å²) in [7, 11) is 0. The molecular formula is C14H15ClN2. The lowest BCUT2D eigenvalue weighted by molar-refractivity contribution is 0.693. The molecule has 0 aromatic heterocycles. The molecule has 0 amide bonds. The number of benzene rings is 2. The number of nitrogen functional groups attached to an aromatic ring is 1. The molecule has 2 nitrogen and oxygen atoms in total. The quantitative estimate of drug-likeness (QED) is 0.813. The predicted octanol–water partition coefficient (Wildman–Crippen LogP) is 3.21. The zero-order valence-corrected chi connectivity index (χ0v) is 10.2. The summed E-state index contributed by atoms with van der Waals surface area (Å²) < 4.78 is 0. The maximum atomic E-state index is 5.94. The van der Waals surface area contributed by atoms with Gasteiger partial charge in [0.1, 0.15) is 0 Å². The highest BCUT2D eigenvalue weighted by atomic mass is 35.5. The summed E-state index contributed by atoms with van der Waals surface area (Å²) in [6.07, 6.45) is 0. The maximum absolute atomic E-state index is 5.94. The highest BCUT2D eigenvalue weighted by Crippen LogP contribution is 2.16. The van der Waals surface area contributed by atoms with E-state index in [0.29, 0.717) is 10.7 Å². The summed E-state index contributed by atoms with van der Waals surface area (Å²) in [6, 6.07) is 15.9. The molecule has 3 heteroatoms. The first-order valence-electron chi connectivity index (χ1n) is 5.53. The van der Waals surface area contributed by atoms with Gasteiger partial charge >= 0.3 is 0 Å². The van der Waals surface area contributed by atoms with E-state index in [-0.39, 0.29) is 0 Å². The number of halogens is 1. The smallest absolute Gasteiger partial charge is 0.0429 e. The molecule has 0 aliphatic rings. The normalized spacial score (nSPS) is 10.4. The number of hydrogen-bond donors (Lipinski definition) is 2. The minimum atomic E-state index is 0.682. The molecule has 0 aliphatic heterocycles. The molecular weight excluding hydrogens is 232 g/mol. The van der Waals surface area contributed by atoms with Gasteiger partial charge in [0.25, 0.3) is 0 Å². The van der Waals surface area contributed by atoms with Crippen molar-refractivity contribution in [3.63, 3.8) is 0 Å². The average Bonchev–Trinajstić information content (AvgIpc) is 2.29. The van der Waals surface area contributed by atoms with Crippen molar-refractivity contribution in [1.29, 1.82) is 0 Å². The summed E-state index contributed by atoms with van der Waals surface area (Å²) in [6.45, 7) is 1.60. The summed E-state index contributed by atoms with van der Waals surface area (Å²) >= 11 is 5.94. The Kier molecular flexibility index (Phi) is 4.02. The molecule has 0 saturated heterocycles. The van der Waals surface area contributed by atoms with Gasteiger partial charge in [-0.2, -0.15) is 0 Å². The van der Waals surface area contributed by atoms with Crippen LogP contribution in [0.25, 0.3) is 0 Å². The van der Waals surface area contributed by atoms with E-state index in [9.17, 15) is 0 Å². The summed E-state index contributed by atoms with van der Waals surface area (Å²) in [5.41, 5.74) is 8.80. The second kappa shape index (κ2) is 5.71. The van der Waals surface area contributed by atoms with Crippen molar-refractivity contribution >= 4 is 17.3 Å². The van der Waals surface area contributed by atoms with E-state index < -0.39 is 0 Å². The predicted molar refractivity (Wildman–Crippen MR) is 72.9 cm³/mol. The van der Waals surface area contributed by atoms with Crippen molar-refractivity contribution in [2.24, 2.45) is 0 Å². The average molecular weight is 247 g/mol. The number of nitrogens with two attached hydrogens (primary N) is 1. The maximum Gasteiger partial charge on any atom is 0.0429 e. The van der Waals surface area contributed by atoms with Gasteiger partial charge in [0.15, 0.2) is 0 Å². The Morgan fingerprint density at radius 3 is 2.35 bits per heavy atom. The first kappa shape index (κ1) is 12.0. The van der Waals surface area contributed by atoms with E-state index >= 15 is 0 Å². The summed E-state index contributed by atoms with van der Waals surface area (Å²) in [4.78, 5) is 0. The van der Waals surface area contributed by atoms with Gasteiger partial charge < -0.3 is 11.1 Å². The molecule has 2 aromatic rings. The fraction of sp³-hybridized carbons (Fsp3) is 0.143. The Morgan fingerprint density at radius 1 is 0.941 bits per heavy atom. The molecule has 0 spiro atoms. The number of nitrogens with one attached hydrogen (secondary N) is 1. The molecule has 17 heavy (non-hydrogen) atoms. The van der Waals surface area contributed by atoms with Crippen LogP contribution in [0.3, 0.4) is 0 Å². The fourth-order valence-electron chi connectivity index (χ4n) is 1.72. The SMILES string of the molecule is Nc1cc(Cl)cc(CNCc2ccccc2)c1. The Morgan fingerprint density at radius 2 is 1.65 bits per heavy atom. The zero-order valence-electron chi connectivity index (χ0n) is 9.49. The van der Waals surface area contributed by atoms with Gasteiger partial charge in [-0.3, -0.25) is 0 Å². The van der Waals surface area contributed by atoms with Crippen LogP contribution in [0.15, 0.2) is 48.5 Å². The lowest BCUT2D eigenvalue weighted by Gasteiger charge is -2.06. The Labute approximate surface area is 106 Å². The molecule has 2 aromatic carbocycles. The number of hydrogen-bond acceptors (Lipinski definition) is 2. The molecule has 3 N–H and O–H groups in total. The van der Waals surface area contributed by atoms with E-state index in [0.717, 1.165) is 18.7 Å².